The van der Waals surface area contributed by atoms with Crippen LogP contribution in [-0.4, -0.2) is 35.5 Å². The van der Waals surface area contributed by atoms with E-state index in [0.717, 1.165) is 30.8 Å². The molecule has 1 saturated heterocycles. The topological polar surface area (TPSA) is 69.8 Å². The smallest absolute Gasteiger partial charge is 0.251 e. The average molecular weight is 298 g/mol. The first-order chi connectivity index (χ1) is 10.8. The van der Waals surface area contributed by atoms with Crippen molar-refractivity contribution in [2.75, 3.05) is 19.6 Å². The van der Waals surface area contributed by atoms with Crippen LogP contribution in [0.15, 0.2) is 36.8 Å². The maximum Gasteiger partial charge on any atom is 0.251 e. The van der Waals surface area contributed by atoms with Crippen molar-refractivity contribution in [3.05, 3.63) is 53.6 Å². The van der Waals surface area contributed by atoms with Gasteiger partial charge in [-0.2, -0.15) is 0 Å². The van der Waals surface area contributed by atoms with Gasteiger partial charge in [0.1, 0.15) is 0 Å². The molecular weight excluding hydrogens is 276 g/mol. The third-order valence-corrected chi connectivity index (χ3v) is 4.18. The Labute approximate surface area is 130 Å². The van der Waals surface area contributed by atoms with E-state index in [4.69, 9.17) is 0 Å². The summed E-state index contributed by atoms with van der Waals surface area (Å²) < 4.78 is 0. The van der Waals surface area contributed by atoms with Gasteiger partial charge in [-0.25, -0.2) is 4.98 Å². The van der Waals surface area contributed by atoms with E-state index in [1.165, 1.54) is 18.4 Å². The molecule has 22 heavy (non-hydrogen) atoms. The van der Waals surface area contributed by atoms with Crippen molar-refractivity contribution in [2.45, 2.75) is 25.2 Å². The first kappa shape index (κ1) is 14.8. The van der Waals surface area contributed by atoms with Gasteiger partial charge in [-0.1, -0.05) is 12.1 Å². The third-order valence-electron chi connectivity index (χ3n) is 4.18. The van der Waals surface area contributed by atoms with Crippen LogP contribution in [0, 0.1) is 0 Å². The Hall–Kier alpha value is -2.14. The number of rotatable bonds is 5. The molecule has 2 heterocycles. The first-order valence-corrected chi connectivity index (χ1v) is 7.89. The monoisotopic (exact) mass is 298 g/mol. The lowest BCUT2D eigenvalue weighted by molar-refractivity contribution is 0.0954. The van der Waals surface area contributed by atoms with Crippen LogP contribution in [0.1, 0.15) is 40.4 Å². The SMILES string of the molecule is O=C(NCCc1cnc[nH]1)c1ccc(C2CCCNC2)cc1. The molecular formula is C17H22N4O. The molecule has 116 valence electrons. The molecule has 1 unspecified atom stereocenters. The number of benzene rings is 1. The van der Waals surface area contributed by atoms with Crippen molar-refractivity contribution in [1.82, 2.24) is 20.6 Å². The number of carbonyl (C=O) groups excluding carboxylic acids is 1. The zero-order valence-electron chi connectivity index (χ0n) is 12.6. The van der Waals surface area contributed by atoms with Crippen molar-refractivity contribution in [3.63, 3.8) is 0 Å². The van der Waals surface area contributed by atoms with Crippen molar-refractivity contribution >= 4 is 5.91 Å². The summed E-state index contributed by atoms with van der Waals surface area (Å²) in [5.74, 6) is 0.555. The number of aromatic nitrogens is 2. The molecule has 3 rings (SSSR count). The molecule has 0 spiro atoms. The van der Waals surface area contributed by atoms with E-state index >= 15 is 0 Å². The van der Waals surface area contributed by atoms with Gasteiger partial charge >= 0.3 is 0 Å². The Bertz CT molecular complexity index is 586. The molecule has 5 nitrogen and oxygen atoms in total. The number of nitrogens with zero attached hydrogens (tertiary/aromatic N) is 1. The van der Waals surface area contributed by atoms with Gasteiger partial charge in [-0.3, -0.25) is 4.79 Å². The summed E-state index contributed by atoms with van der Waals surface area (Å²) in [5.41, 5.74) is 3.07. The number of hydrogen-bond acceptors (Lipinski definition) is 3. The van der Waals surface area contributed by atoms with Gasteiger partial charge in [-0.15, -0.1) is 0 Å². The number of aromatic amines is 1. The van der Waals surface area contributed by atoms with Gasteiger partial charge in [-0.05, 0) is 43.0 Å². The van der Waals surface area contributed by atoms with Crippen molar-refractivity contribution in [2.24, 2.45) is 0 Å². The maximum absolute atomic E-state index is 12.1. The molecule has 2 aromatic rings. The average Bonchev–Trinajstić information content (AvgIpc) is 3.09. The number of carbonyl (C=O) groups is 1. The molecule has 1 fully saturated rings. The van der Waals surface area contributed by atoms with Gasteiger partial charge in [0.05, 0.1) is 6.33 Å². The Morgan fingerprint density at radius 2 is 2.18 bits per heavy atom. The van der Waals surface area contributed by atoms with E-state index < -0.39 is 0 Å². The fraction of sp³-hybridized carbons (Fsp3) is 0.412. The van der Waals surface area contributed by atoms with Crippen LogP contribution in [0.4, 0.5) is 0 Å². The molecule has 3 N–H and O–H groups in total. The van der Waals surface area contributed by atoms with Crippen LogP contribution >= 0.6 is 0 Å². The highest BCUT2D eigenvalue weighted by atomic mass is 16.1. The lowest BCUT2D eigenvalue weighted by atomic mass is 9.91. The minimum atomic E-state index is -0.0205. The summed E-state index contributed by atoms with van der Waals surface area (Å²) in [6, 6.07) is 8.02. The molecule has 0 bridgehead atoms. The highest BCUT2D eigenvalue weighted by Gasteiger charge is 2.15. The van der Waals surface area contributed by atoms with E-state index in [1.807, 2.05) is 12.1 Å². The summed E-state index contributed by atoms with van der Waals surface area (Å²) in [5, 5.41) is 6.36. The molecule has 0 aliphatic carbocycles. The fourth-order valence-corrected chi connectivity index (χ4v) is 2.88. The Morgan fingerprint density at radius 1 is 1.32 bits per heavy atom. The van der Waals surface area contributed by atoms with Crippen LogP contribution in [0.5, 0.6) is 0 Å². The standard InChI is InChI=1S/C17H22N4O/c22-17(20-9-7-16-11-19-12-21-16)14-5-3-13(4-6-14)15-2-1-8-18-10-15/h3-6,11-12,15,18H,1-2,7-10H2,(H,19,21)(H,20,22). The van der Waals surface area contributed by atoms with Crippen LogP contribution in [-0.2, 0) is 6.42 Å². The fourth-order valence-electron chi connectivity index (χ4n) is 2.88. The van der Waals surface area contributed by atoms with Gasteiger partial charge in [0, 0.05) is 37.0 Å². The minimum Gasteiger partial charge on any atom is -0.352 e. The molecule has 5 heteroatoms. The zero-order valence-corrected chi connectivity index (χ0v) is 12.6. The zero-order chi connectivity index (χ0) is 15.2. The lowest BCUT2D eigenvalue weighted by Crippen LogP contribution is -2.28. The molecule has 1 aliphatic rings. The van der Waals surface area contributed by atoms with E-state index in [0.29, 0.717) is 12.5 Å². The van der Waals surface area contributed by atoms with Gasteiger partial charge in [0.25, 0.3) is 5.91 Å². The maximum atomic E-state index is 12.1. The number of imidazole rings is 1. The lowest BCUT2D eigenvalue weighted by Gasteiger charge is -2.23. The van der Waals surface area contributed by atoms with Crippen molar-refractivity contribution < 1.29 is 4.79 Å². The van der Waals surface area contributed by atoms with Gasteiger partial charge in [0.2, 0.25) is 0 Å². The number of amides is 1. The summed E-state index contributed by atoms with van der Waals surface area (Å²) in [6.07, 6.45) is 6.63. The van der Waals surface area contributed by atoms with E-state index in [9.17, 15) is 4.79 Å². The predicted octanol–water partition coefficient (Wildman–Crippen LogP) is 1.85. The quantitative estimate of drug-likeness (QED) is 0.789. The Balaban J connectivity index is 1.51. The van der Waals surface area contributed by atoms with Gasteiger partial charge in [0.15, 0.2) is 0 Å². The normalized spacial score (nSPS) is 18.1. The van der Waals surface area contributed by atoms with Crippen LogP contribution in [0.25, 0.3) is 0 Å². The summed E-state index contributed by atoms with van der Waals surface area (Å²) >= 11 is 0. The molecule has 0 radical (unpaired) electrons. The first-order valence-electron chi connectivity index (χ1n) is 7.89. The molecule has 0 saturated carbocycles. The summed E-state index contributed by atoms with van der Waals surface area (Å²) in [4.78, 5) is 19.1. The van der Waals surface area contributed by atoms with E-state index in [1.54, 1.807) is 12.5 Å². The Kier molecular flexibility index (Phi) is 4.85. The molecule has 1 atom stereocenters. The second-order valence-corrected chi connectivity index (χ2v) is 5.75. The van der Waals surface area contributed by atoms with Gasteiger partial charge < -0.3 is 15.6 Å². The van der Waals surface area contributed by atoms with E-state index in [-0.39, 0.29) is 5.91 Å². The summed E-state index contributed by atoms with van der Waals surface area (Å²) in [7, 11) is 0. The highest BCUT2D eigenvalue weighted by molar-refractivity contribution is 5.94. The molecule has 1 aliphatic heterocycles. The van der Waals surface area contributed by atoms with Crippen molar-refractivity contribution in [3.8, 4) is 0 Å². The number of H-pyrrole nitrogens is 1. The van der Waals surface area contributed by atoms with Crippen LogP contribution in [0.2, 0.25) is 0 Å². The Morgan fingerprint density at radius 3 is 2.86 bits per heavy atom. The van der Waals surface area contributed by atoms with Crippen LogP contribution < -0.4 is 10.6 Å². The molecule has 1 aromatic carbocycles. The summed E-state index contributed by atoms with van der Waals surface area (Å²) in [6.45, 7) is 2.76. The largest absolute Gasteiger partial charge is 0.352 e. The minimum absolute atomic E-state index is 0.0205. The second kappa shape index (κ2) is 7.22. The van der Waals surface area contributed by atoms with Crippen molar-refractivity contribution in [1.29, 1.82) is 0 Å². The van der Waals surface area contributed by atoms with Crippen LogP contribution in [0.3, 0.4) is 0 Å². The predicted molar refractivity (Wildman–Crippen MR) is 85.9 cm³/mol. The molecule has 1 amide bonds. The number of hydrogen-bond donors (Lipinski definition) is 3. The number of nitrogens with one attached hydrogen (secondary N) is 3. The third kappa shape index (κ3) is 3.74. The molecule has 1 aromatic heterocycles. The highest BCUT2D eigenvalue weighted by Crippen LogP contribution is 2.23. The number of piperidine rings is 1. The van der Waals surface area contributed by atoms with E-state index in [2.05, 4.69) is 32.7 Å². The second-order valence-electron chi connectivity index (χ2n) is 5.75.